The predicted molar refractivity (Wildman–Crippen MR) is 80.0 cm³/mol. The molecule has 1 heterocycles. The molecule has 0 unspecified atom stereocenters. The Kier molecular flexibility index (Phi) is 5.37. The molecule has 0 atom stereocenters. The van der Waals surface area contributed by atoms with Crippen molar-refractivity contribution < 1.29 is 9.90 Å². The summed E-state index contributed by atoms with van der Waals surface area (Å²) in [6, 6.07) is -0.212. The van der Waals surface area contributed by atoms with Gasteiger partial charge in [-0.05, 0) is 19.3 Å². The zero-order valence-electron chi connectivity index (χ0n) is 11.9. The third-order valence-electron chi connectivity index (χ3n) is 3.68. The number of hydrogen-bond donors (Lipinski definition) is 3. The largest absolute Gasteiger partial charge is 0.388 e. The van der Waals surface area contributed by atoms with Crippen LogP contribution in [-0.2, 0) is 12.8 Å². The van der Waals surface area contributed by atoms with Crippen molar-refractivity contribution in [2.24, 2.45) is 0 Å². The van der Waals surface area contributed by atoms with Crippen LogP contribution in [0.5, 0.6) is 0 Å². The van der Waals surface area contributed by atoms with Crippen molar-refractivity contribution in [2.45, 2.75) is 51.0 Å². The third kappa shape index (κ3) is 4.45. The zero-order chi connectivity index (χ0) is 14.4. The van der Waals surface area contributed by atoms with Gasteiger partial charge in [-0.25, -0.2) is 9.78 Å². The second-order valence-electron chi connectivity index (χ2n) is 5.38. The van der Waals surface area contributed by atoms with Crippen LogP contribution in [0.2, 0.25) is 0 Å². The van der Waals surface area contributed by atoms with E-state index in [9.17, 15) is 9.90 Å². The minimum absolute atomic E-state index is 0.212. The maximum Gasteiger partial charge on any atom is 0.314 e. The van der Waals surface area contributed by atoms with E-state index < -0.39 is 5.60 Å². The van der Waals surface area contributed by atoms with Crippen molar-refractivity contribution in [3.05, 3.63) is 16.1 Å². The molecule has 1 aliphatic carbocycles. The molecule has 0 aliphatic heterocycles. The Morgan fingerprint density at radius 2 is 2.20 bits per heavy atom. The van der Waals surface area contributed by atoms with E-state index in [-0.39, 0.29) is 6.03 Å². The summed E-state index contributed by atoms with van der Waals surface area (Å²) in [5.74, 6) is 0. The van der Waals surface area contributed by atoms with Crippen LogP contribution >= 0.6 is 11.3 Å². The highest BCUT2D eigenvalue weighted by atomic mass is 32.1. The molecule has 1 aromatic rings. The summed E-state index contributed by atoms with van der Waals surface area (Å²) in [6.45, 7) is 2.99. The van der Waals surface area contributed by atoms with E-state index in [2.05, 4.69) is 22.5 Å². The third-order valence-corrected chi connectivity index (χ3v) is 4.72. The Bertz CT molecular complexity index is 441. The lowest BCUT2D eigenvalue weighted by Crippen LogP contribution is -2.45. The van der Waals surface area contributed by atoms with Gasteiger partial charge in [0.05, 0.1) is 16.3 Å². The lowest BCUT2D eigenvalue weighted by Gasteiger charge is -2.22. The van der Waals surface area contributed by atoms with Crippen LogP contribution in [0, 0.1) is 0 Å². The lowest BCUT2D eigenvalue weighted by molar-refractivity contribution is 0.0501. The molecule has 6 heteroatoms. The number of urea groups is 1. The molecule has 0 bridgehead atoms. The smallest absolute Gasteiger partial charge is 0.314 e. The molecule has 2 rings (SSSR count). The molecule has 1 fully saturated rings. The highest BCUT2D eigenvalue weighted by Crippen LogP contribution is 2.28. The number of aliphatic hydroxyl groups is 1. The van der Waals surface area contributed by atoms with Crippen LogP contribution in [0.25, 0.3) is 0 Å². The summed E-state index contributed by atoms with van der Waals surface area (Å²) in [4.78, 5) is 16.1. The van der Waals surface area contributed by atoms with Gasteiger partial charge >= 0.3 is 6.03 Å². The second kappa shape index (κ2) is 7.04. The summed E-state index contributed by atoms with van der Waals surface area (Å²) < 4.78 is 0. The summed E-state index contributed by atoms with van der Waals surface area (Å²) >= 11 is 1.66. The normalized spacial score (nSPS) is 17.1. The summed E-state index contributed by atoms with van der Waals surface area (Å²) in [5.41, 5.74) is 0.337. The number of rotatable bonds is 6. The van der Waals surface area contributed by atoms with Crippen LogP contribution in [-0.4, -0.2) is 34.8 Å². The monoisotopic (exact) mass is 297 g/mol. The van der Waals surface area contributed by atoms with E-state index in [4.69, 9.17) is 0 Å². The number of thiazole rings is 1. The van der Waals surface area contributed by atoms with E-state index >= 15 is 0 Å². The lowest BCUT2D eigenvalue weighted by atomic mass is 10.0. The maximum atomic E-state index is 11.6. The number of aromatic nitrogens is 1. The summed E-state index contributed by atoms with van der Waals surface area (Å²) in [5, 5.41) is 18.8. The van der Waals surface area contributed by atoms with Crippen LogP contribution < -0.4 is 10.6 Å². The van der Waals surface area contributed by atoms with Crippen molar-refractivity contribution in [2.75, 3.05) is 13.1 Å². The summed E-state index contributed by atoms with van der Waals surface area (Å²) in [6.07, 6.45) is 5.36. The second-order valence-corrected chi connectivity index (χ2v) is 6.32. The van der Waals surface area contributed by atoms with Gasteiger partial charge in [0.1, 0.15) is 0 Å². The Morgan fingerprint density at radius 1 is 1.45 bits per heavy atom. The first-order chi connectivity index (χ1) is 9.61. The molecule has 5 nitrogen and oxygen atoms in total. The van der Waals surface area contributed by atoms with Crippen molar-refractivity contribution in [3.8, 4) is 0 Å². The van der Waals surface area contributed by atoms with Gasteiger partial charge < -0.3 is 15.7 Å². The van der Waals surface area contributed by atoms with Gasteiger partial charge in [0.15, 0.2) is 0 Å². The van der Waals surface area contributed by atoms with Crippen LogP contribution in [0.1, 0.15) is 43.3 Å². The molecule has 1 aliphatic rings. The highest BCUT2D eigenvalue weighted by Gasteiger charge is 2.31. The van der Waals surface area contributed by atoms with Crippen molar-refractivity contribution in [1.82, 2.24) is 15.6 Å². The summed E-state index contributed by atoms with van der Waals surface area (Å²) in [7, 11) is 0. The average molecular weight is 297 g/mol. The first-order valence-electron chi connectivity index (χ1n) is 7.29. The average Bonchev–Trinajstić information content (AvgIpc) is 3.06. The number of hydrogen-bond acceptors (Lipinski definition) is 4. The number of aryl methyl sites for hydroxylation is 1. The Morgan fingerprint density at radius 3 is 2.85 bits per heavy atom. The van der Waals surface area contributed by atoms with Crippen molar-refractivity contribution in [3.63, 3.8) is 0 Å². The standard InChI is InChI=1S/C14H23N3O2S/c1-2-12-17-11(9-20-12)5-8-15-13(18)16-10-14(19)6-3-4-7-14/h9,19H,2-8,10H2,1H3,(H2,15,16,18). The fraction of sp³-hybridized carbons (Fsp3) is 0.714. The van der Waals surface area contributed by atoms with Gasteiger partial charge in [-0.15, -0.1) is 11.3 Å². The molecule has 0 saturated heterocycles. The minimum Gasteiger partial charge on any atom is -0.388 e. The van der Waals surface area contributed by atoms with E-state index in [0.717, 1.165) is 49.2 Å². The highest BCUT2D eigenvalue weighted by molar-refractivity contribution is 7.09. The Balaban J connectivity index is 1.62. The molecular formula is C14H23N3O2S. The van der Waals surface area contributed by atoms with Gasteiger partial charge in [-0.2, -0.15) is 0 Å². The fourth-order valence-corrected chi connectivity index (χ4v) is 3.23. The van der Waals surface area contributed by atoms with E-state index in [1.54, 1.807) is 11.3 Å². The van der Waals surface area contributed by atoms with Crippen molar-refractivity contribution in [1.29, 1.82) is 0 Å². The maximum absolute atomic E-state index is 11.6. The van der Waals surface area contributed by atoms with Gasteiger partial charge in [-0.1, -0.05) is 19.8 Å². The SMILES string of the molecule is CCc1nc(CCNC(=O)NCC2(O)CCCC2)cs1. The van der Waals surface area contributed by atoms with Gasteiger partial charge in [0, 0.05) is 24.9 Å². The Labute approximate surface area is 123 Å². The quantitative estimate of drug-likeness (QED) is 0.750. The van der Waals surface area contributed by atoms with Gasteiger partial charge in [-0.3, -0.25) is 0 Å². The molecule has 112 valence electrons. The van der Waals surface area contributed by atoms with Crippen molar-refractivity contribution >= 4 is 17.4 Å². The number of nitrogens with zero attached hydrogens (tertiary/aromatic N) is 1. The number of carbonyl (C=O) groups is 1. The zero-order valence-corrected chi connectivity index (χ0v) is 12.8. The molecule has 0 spiro atoms. The van der Waals surface area contributed by atoms with Crippen LogP contribution in [0.15, 0.2) is 5.38 Å². The van der Waals surface area contributed by atoms with Gasteiger partial charge in [0.2, 0.25) is 0 Å². The molecular weight excluding hydrogens is 274 g/mol. The van der Waals surface area contributed by atoms with Crippen LogP contribution in [0.3, 0.4) is 0 Å². The topological polar surface area (TPSA) is 74.2 Å². The first-order valence-corrected chi connectivity index (χ1v) is 8.17. The first kappa shape index (κ1) is 15.3. The fourth-order valence-electron chi connectivity index (χ4n) is 2.45. The van der Waals surface area contributed by atoms with E-state index in [1.807, 2.05) is 5.38 Å². The molecule has 1 aromatic heterocycles. The number of carbonyl (C=O) groups excluding carboxylic acids is 1. The van der Waals surface area contributed by atoms with Gasteiger partial charge in [0.25, 0.3) is 0 Å². The molecule has 0 radical (unpaired) electrons. The molecule has 1 saturated carbocycles. The molecule has 2 amide bonds. The number of amides is 2. The van der Waals surface area contributed by atoms with E-state index in [0.29, 0.717) is 13.1 Å². The number of nitrogens with one attached hydrogen (secondary N) is 2. The molecule has 20 heavy (non-hydrogen) atoms. The van der Waals surface area contributed by atoms with Crippen LogP contribution in [0.4, 0.5) is 4.79 Å². The predicted octanol–water partition coefficient (Wildman–Crippen LogP) is 1.85. The van der Waals surface area contributed by atoms with E-state index in [1.165, 1.54) is 0 Å². The Hall–Kier alpha value is -1.14. The molecule has 3 N–H and O–H groups in total. The molecule has 0 aromatic carbocycles. The minimum atomic E-state index is -0.692.